The molecule has 0 bridgehead atoms. The number of halogens is 3. The monoisotopic (exact) mass is 252 g/mol. The van der Waals surface area contributed by atoms with Gasteiger partial charge in [0.05, 0.1) is 0 Å². The van der Waals surface area contributed by atoms with E-state index < -0.39 is 0 Å². The highest BCUT2D eigenvalue weighted by atomic mass is 35.5. The summed E-state index contributed by atoms with van der Waals surface area (Å²) in [6.07, 6.45) is 0. The van der Waals surface area contributed by atoms with Crippen molar-refractivity contribution < 1.29 is 4.39 Å². The highest BCUT2D eigenvalue weighted by Crippen LogP contribution is 2.13. The van der Waals surface area contributed by atoms with E-state index in [9.17, 15) is 4.39 Å². The van der Waals surface area contributed by atoms with Crippen molar-refractivity contribution in [3.05, 3.63) is 35.6 Å². The van der Waals surface area contributed by atoms with Crippen molar-refractivity contribution in [2.24, 2.45) is 0 Å². The minimum Gasteiger partial charge on any atom is -0.314 e. The maximum absolute atomic E-state index is 12.6. The van der Waals surface area contributed by atoms with E-state index in [1.165, 1.54) is 12.1 Å². The van der Waals surface area contributed by atoms with Gasteiger partial charge in [-0.2, -0.15) is 0 Å². The third-order valence-corrected chi connectivity index (χ3v) is 2.31. The van der Waals surface area contributed by atoms with Crippen molar-refractivity contribution in [3.8, 4) is 0 Å². The van der Waals surface area contributed by atoms with Gasteiger partial charge in [0.1, 0.15) is 5.82 Å². The quantitative estimate of drug-likeness (QED) is 0.798. The maximum Gasteiger partial charge on any atom is 0.123 e. The topological polar surface area (TPSA) is 24.1 Å². The molecule has 0 aromatic heterocycles. The lowest BCUT2D eigenvalue weighted by molar-refractivity contribution is 0.430. The van der Waals surface area contributed by atoms with Crippen molar-refractivity contribution in [1.82, 2.24) is 10.6 Å². The maximum atomic E-state index is 12.6. The Morgan fingerprint density at radius 1 is 1.07 bits per heavy atom. The van der Waals surface area contributed by atoms with Crippen LogP contribution in [0.3, 0.4) is 0 Å². The van der Waals surface area contributed by atoms with Crippen LogP contribution in [0.1, 0.15) is 11.6 Å². The molecule has 1 heterocycles. The van der Waals surface area contributed by atoms with Crippen LogP contribution >= 0.6 is 24.8 Å². The van der Waals surface area contributed by atoms with Gasteiger partial charge in [-0.3, -0.25) is 0 Å². The lowest BCUT2D eigenvalue weighted by Gasteiger charge is -2.24. The lowest BCUT2D eigenvalue weighted by atomic mass is 10.1. The van der Waals surface area contributed by atoms with Gasteiger partial charge in [-0.05, 0) is 17.7 Å². The highest BCUT2D eigenvalue weighted by Gasteiger charge is 2.13. The zero-order valence-corrected chi connectivity index (χ0v) is 9.84. The Hall–Kier alpha value is -0.350. The standard InChI is InChI=1S/C10H13FN2.2ClH/c11-9-3-1-8(2-4-9)10-7-12-5-6-13-10;;/h1-4,10,12-13H,5-7H2;2*1H/t10-;;/m1../s1. The van der Waals surface area contributed by atoms with Crippen molar-refractivity contribution in [2.75, 3.05) is 19.6 Å². The molecule has 0 unspecified atom stereocenters. The number of benzene rings is 1. The number of rotatable bonds is 1. The summed E-state index contributed by atoms with van der Waals surface area (Å²) in [7, 11) is 0. The molecular formula is C10H15Cl2FN2. The molecular weight excluding hydrogens is 238 g/mol. The zero-order valence-electron chi connectivity index (χ0n) is 8.20. The van der Waals surface area contributed by atoms with Crippen LogP contribution in [0.15, 0.2) is 24.3 Å². The molecule has 15 heavy (non-hydrogen) atoms. The van der Waals surface area contributed by atoms with E-state index in [4.69, 9.17) is 0 Å². The molecule has 2 rings (SSSR count). The van der Waals surface area contributed by atoms with Crippen molar-refractivity contribution in [3.63, 3.8) is 0 Å². The summed E-state index contributed by atoms with van der Waals surface area (Å²) in [6.45, 7) is 2.91. The molecule has 0 spiro atoms. The van der Waals surface area contributed by atoms with E-state index in [0.717, 1.165) is 25.2 Å². The minimum absolute atomic E-state index is 0. The summed E-state index contributed by atoms with van der Waals surface area (Å²) in [5.41, 5.74) is 1.15. The summed E-state index contributed by atoms with van der Waals surface area (Å²) >= 11 is 0. The van der Waals surface area contributed by atoms with E-state index in [1.807, 2.05) is 12.1 Å². The molecule has 1 aliphatic rings. The van der Waals surface area contributed by atoms with Crippen LogP contribution < -0.4 is 10.6 Å². The fraction of sp³-hybridized carbons (Fsp3) is 0.400. The van der Waals surface area contributed by atoms with Gasteiger partial charge in [-0.1, -0.05) is 12.1 Å². The molecule has 86 valence electrons. The van der Waals surface area contributed by atoms with Gasteiger partial charge in [0, 0.05) is 25.7 Å². The normalized spacial score (nSPS) is 19.9. The highest BCUT2D eigenvalue weighted by molar-refractivity contribution is 5.85. The van der Waals surface area contributed by atoms with Gasteiger partial charge in [0.2, 0.25) is 0 Å². The van der Waals surface area contributed by atoms with Crippen LogP contribution in [0, 0.1) is 5.82 Å². The van der Waals surface area contributed by atoms with Crippen LogP contribution in [-0.4, -0.2) is 19.6 Å². The first-order valence-corrected chi connectivity index (χ1v) is 4.56. The summed E-state index contributed by atoms with van der Waals surface area (Å²) in [5.74, 6) is -0.174. The Morgan fingerprint density at radius 3 is 2.27 bits per heavy atom. The molecule has 2 nitrogen and oxygen atoms in total. The average molecular weight is 253 g/mol. The second-order valence-corrected chi connectivity index (χ2v) is 3.26. The molecule has 0 radical (unpaired) electrons. The molecule has 1 atom stereocenters. The Kier molecular flexibility index (Phi) is 6.85. The molecule has 5 heteroatoms. The number of piperazine rings is 1. The predicted molar refractivity (Wildman–Crippen MR) is 64.5 cm³/mol. The molecule has 1 aliphatic heterocycles. The van der Waals surface area contributed by atoms with E-state index in [-0.39, 0.29) is 30.6 Å². The SMILES string of the molecule is Cl.Cl.Fc1ccc([C@H]2CNCCN2)cc1. The van der Waals surface area contributed by atoms with Crippen LogP contribution in [0.5, 0.6) is 0 Å². The molecule has 1 aromatic rings. The van der Waals surface area contributed by atoms with Crippen molar-refractivity contribution in [1.29, 1.82) is 0 Å². The Bertz CT molecular complexity index is 273. The van der Waals surface area contributed by atoms with Gasteiger partial charge >= 0.3 is 0 Å². The number of nitrogens with one attached hydrogen (secondary N) is 2. The van der Waals surface area contributed by atoms with Crippen molar-refractivity contribution >= 4 is 24.8 Å². The Labute approximate surface area is 101 Å². The van der Waals surface area contributed by atoms with E-state index in [0.29, 0.717) is 6.04 Å². The molecule has 1 aromatic carbocycles. The van der Waals surface area contributed by atoms with Crippen LogP contribution in [-0.2, 0) is 0 Å². The second kappa shape index (κ2) is 7.01. The van der Waals surface area contributed by atoms with E-state index in [2.05, 4.69) is 10.6 Å². The van der Waals surface area contributed by atoms with Crippen molar-refractivity contribution in [2.45, 2.75) is 6.04 Å². The second-order valence-electron chi connectivity index (χ2n) is 3.26. The molecule has 1 fully saturated rings. The third kappa shape index (κ3) is 3.95. The Morgan fingerprint density at radius 2 is 1.73 bits per heavy atom. The van der Waals surface area contributed by atoms with Crippen LogP contribution in [0.25, 0.3) is 0 Å². The van der Waals surface area contributed by atoms with Crippen LogP contribution in [0.2, 0.25) is 0 Å². The third-order valence-electron chi connectivity index (χ3n) is 2.31. The summed E-state index contributed by atoms with van der Waals surface area (Å²) in [4.78, 5) is 0. The largest absolute Gasteiger partial charge is 0.314 e. The summed E-state index contributed by atoms with van der Waals surface area (Å²) in [6, 6.07) is 7.01. The van der Waals surface area contributed by atoms with Crippen LogP contribution in [0.4, 0.5) is 4.39 Å². The smallest absolute Gasteiger partial charge is 0.123 e. The molecule has 0 amide bonds. The molecule has 0 aliphatic carbocycles. The van der Waals surface area contributed by atoms with Gasteiger partial charge in [0.15, 0.2) is 0 Å². The lowest BCUT2D eigenvalue weighted by Crippen LogP contribution is -2.42. The number of hydrogen-bond donors (Lipinski definition) is 2. The number of hydrogen-bond acceptors (Lipinski definition) is 2. The molecule has 2 N–H and O–H groups in total. The molecule has 1 saturated heterocycles. The van der Waals surface area contributed by atoms with Gasteiger partial charge in [-0.15, -0.1) is 24.8 Å². The van der Waals surface area contributed by atoms with E-state index in [1.54, 1.807) is 0 Å². The minimum atomic E-state index is -0.174. The first-order valence-electron chi connectivity index (χ1n) is 4.56. The van der Waals surface area contributed by atoms with Gasteiger partial charge in [-0.25, -0.2) is 4.39 Å². The fourth-order valence-corrected chi connectivity index (χ4v) is 1.58. The average Bonchev–Trinajstić information content (AvgIpc) is 2.20. The predicted octanol–water partition coefficient (Wildman–Crippen LogP) is 1.90. The first-order chi connectivity index (χ1) is 6.36. The summed E-state index contributed by atoms with van der Waals surface area (Å²) in [5, 5.41) is 6.66. The first kappa shape index (κ1) is 14.6. The Balaban J connectivity index is 0.000000980. The van der Waals surface area contributed by atoms with E-state index >= 15 is 0 Å². The fourth-order valence-electron chi connectivity index (χ4n) is 1.58. The molecule has 0 saturated carbocycles. The van der Waals surface area contributed by atoms with Gasteiger partial charge < -0.3 is 10.6 Å². The zero-order chi connectivity index (χ0) is 9.10. The summed E-state index contributed by atoms with van der Waals surface area (Å²) < 4.78 is 12.6. The van der Waals surface area contributed by atoms with Gasteiger partial charge in [0.25, 0.3) is 0 Å².